The van der Waals surface area contributed by atoms with Gasteiger partial charge in [0.1, 0.15) is 0 Å². The first-order valence-corrected chi connectivity index (χ1v) is 8.07. The van der Waals surface area contributed by atoms with E-state index in [0.717, 1.165) is 25.7 Å². The average molecular weight is 280 g/mol. The van der Waals surface area contributed by atoms with Gasteiger partial charge in [-0.05, 0) is 36.8 Å². The predicted molar refractivity (Wildman–Crippen MR) is 80.1 cm³/mol. The molecule has 4 heteroatoms. The number of aryl methyl sites for hydroxylation is 1. The molecule has 0 aliphatic heterocycles. The predicted octanol–water partition coefficient (Wildman–Crippen LogP) is 2.97. The van der Waals surface area contributed by atoms with Crippen LogP contribution in [0.15, 0.2) is 11.4 Å². The van der Waals surface area contributed by atoms with Crippen LogP contribution in [0.25, 0.3) is 0 Å². The van der Waals surface area contributed by atoms with Crippen molar-refractivity contribution in [2.75, 3.05) is 6.54 Å². The topological polar surface area (TPSA) is 55.1 Å². The molecule has 3 nitrogen and oxygen atoms in total. The summed E-state index contributed by atoms with van der Waals surface area (Å²) in [5, 5.41) is 5.18. The van der Waals surface area contributed by atoms with Gasteiger partial charge in [0.05, 0.1) is 12.0 Å². The number of carbonyl (C=O) groups excluding carboxylic acids is 1. The molecule has 1 saturated carbocycles. The van der Waals surface area contributed by atoms with E-state index in [0.29, 0.717) is 13.1 Å². The van der Waals surface area contributed by atoms with E-state index in [4.69, 9.17) is 5.73 Å². The molecular weight excluding hydrogens is 256 g/mol. The summed E-state index contributed by atoms with van der Waals surface area (Å²) in [4.78, 5) is 13.8. The number of hydrogen-bond donors (Lipinski definition) is 2. The van der Waals surface area contributed by atoms with Crippen molar-refractivity contribution in [2.45, 2.75) is 52.0 Å². The smallest absolute Gasteiger partial charge is 0.227 e. The third kappa shape index (κ3) is 3.37. The summed E-state index contributed by atoms with van der Waals surface area (Å²) in [6.45, 7) is 3.20. The van der Waals surface area contributed by atoms with E-state index in [-0.39, 0.29) is 11.3 Å². The monoisotopic (exact) mass is 280 g/mol. The van der Waals surface area contributed by atoms with Gasteiger partial charge in [-0.15, -0.1) is 11.3 Å². The third-order valence-corrected chi connectivity index (χ3v) is 5.33. The second-order valence-electron chi connectivity index (χ2n) is 5.61. The van der Waals surface area contributed by atoms with Crippen molar-refractivity contribution in [1.82, 2.24) is 5.32 Å². The third-order valence-electron chi connectivity index (χ3n) is 4.31. The second-order valence-corrected chi connectivity index (χ2v) is 6.61. The lowest BCUT2D eigenvalue weighted by Crippen LogP contribution is -2.45. The molecule has 0 spiro atoms. The van der Waals surface area contributed by atoms with Crippen LogP contribution >= 0.6 is 11.3 Å². The standard InChI is InChI=1S/C15H24N2OS/c1-12-6-9-19-13(12)10-17-14(18)15(11-16)7-4-2-3-5-8-15/h6,9H,2-5,7-8,10-11,16H2,1H3,(H,17,18). The molecule has 0 bridgehead atoms. The molecule has 0 atom stereocenters. The van der Waals surface area contributed by atoms with Gasteiger partial charge < -0.3 is 11.1 Å². The Bertz CT molecular complexity index is 420. The number of hydrogen-bond acceptors (Lipinski definition) is 3. The zero-order valence-electron chi connectivity index (χ0n) is 11.7. The van der Waals surface area contributed by atoms with Gasteiger partial charge in [-0.3, -0.25) is 4.79 Å². The number of carbonyl (C=O) groups is 1. The zero-order chi connectivity index (χ0) is 13.7. The maximum Gasteiger partial charge on any atom is 0.227 e. The van der Waals surface area contributed by atoms with Gasteiger partial charge in [0.15, 0.2) is 0 Å². The van der Waals surface area contributed by atoms with Crippen molar-refractivity contribution < 1.29 is 4.79 Å². The summed E-state index contributed by atoms with van der Waals surface area (Å²) < 4.78 is 0. The number of amides is 1. The summed E-state index contributed by atoms with van der Waals surface area (Å²) in [5.74, 6) is 0.157. The largest absolute Gasteiger partial charge is 0.351 e. The maximum absolute atomic E-state index is 12.5. The molecule has 19 heavy (non-hydrogen) atoms. The van der Waals surface area contributed by atoms with Crippen LogP contribution in [0.3, 0.4) is 0 Å². The molecule has 1 aromatic rings. The Kier molecular flexibility index (Phi) is 4.99. The van der Waals surface area contributed by atoms with E-state index in [9.17, 15) is 4.79 Å². The lowest BCUT2D eigenvalue weighted by molar-refractivity contribution is -0.131. The second kappa shape index (κ2) is 6.53. The molecule has 106 valence electrons. The van der Waals surface area contributed by atoms with Crippen LogP contribution in [-0.4, -0.2) is 12.5 Å². The van der Waals surface area contributed by atoms with E-state index in [1.165, 1.54) is 23.3 Å². The number of thiophene rings is 1. The highest BCUT2D eigenvalue weighted by molar-refractivity contribution is 7.10. The first kappa shape index (κ1) is 14.5. The first-order chi connectivity index (χ1) is 9.18. The fourth-order valence-corrected chi connectivity index (χ4v) is 3.71. The van der Waals surface area contributed by atoms with E-state index in [1.54, 1.807) is 11.3 Å². The minimum absolute atomic E-state index is 0.157. The Morgan fingerprint density at radius 3 is 2.58 bits per heavy atom. The molecule has 0 saturated heterocycles. The van der Waals surface area contributed by atoms with Crippen molar-refractivity contribution >= 4 is 17.2 Å². The molecular formula is C15H24N2OS. The fraction of sp³-hybridized carbons (Fsp3) is 0.667. The quantitative estimate of drug-likeness (QED) is 0.833. The number of rotatable bonds is 4. The number of nitrogens with two attached hydrogens (primary N) is 1. The SMILES string of the molecule is Cc1ccsc1CNC(=O)C1(CN)CCCCCC1. The van der Waals surface area contributed by atoms with Crippen LogP contribution in [0.2, 0.25) is 0 Å². The van der Waals surface area contributed by atoms with Gasteiger partial charge in [-0.2, -0.15) is 0 Å². The minimum Gasteiger partial charge on any atom is -0.351 e. The summed E-state index contributed by atoms with van der Waals surface area (Å²) in [7, 11) is 0. The van der Waals surface area contributed by atoms with Gasteiger partial charge in [0, 0.05) is 11.4 Å². The van der Waals surface area contributed by atoms with Crippen LogP contribution < -0.4 is 11.1 Å². The van der Waals surface area contributed by atoms with Crippen molar-refractivity contribution in [3.8, 4) is 0 Å². The van der Waals surface area contributed by atoms with Crippen molar-refractivity contribution in [2.24, 2.45) is 11.1 Å². The van der Waals surface area contributed by atoms with Crippen molar-refractivity contribution in [3.05, 3.63) is 21.9 Å². The molecule has 2 rings (SSSR count). The van der Waals surface area contributed by atoms with Gasteiger partial charge >= 0.3 is 0 Å². The van der Waals surface area contributed by atoms with Crippen molar-refractivity contribution in [1.29, 1.82) is 0 Å². The van der Waals surface area contributed by atoms with Crippen molar-refractivity contribution in [3.63, 3.8) is 0 Å². The molecule has 1 fully saturated rings. The summed E-state index contributed by atoms with van der Waals surface area (Å²) >= 11 is 1.70. The highest BCUT2D eigenvalue weighted by atomic mass is 32.1. The lowest BCUT2D eigenvalue weighted by Gasteiger charge is -2.29. The Labute approximate surface area is 119 Å². The molecule has 0 aromatic carbocycles. The molecule has 1 aliphatic carbocycles. The van der Waals surface area contributed by atoms with E-state index >= 15 is 0 Å². The summed E-state index contributed by atoms with van der Waals surface area (Å²) in [6, 6.07) is 2.09. The first-order valence-electron chi connectivity index (χ1n) is 7.19. The van der Waals surface area contributed by atoms with E-state index in [2.05, 4.69) is 23.7 Å². The molecule has 1 aromatic heterocycles. The van der Waals surface area contributed by atoms with Crippen LogP contribution in [0.4, 0.5) is 0 Å². The Morgan fingerprint density at radius 2 is 2.05 bits per heavy atom. The Morgan fingerprint density at radius 1 is 1.37 bits per heavy atom. The highest BCUT2D eigenvalue weighted by Gasteiger charge is 2.36. The zero-order valence-corrected chi connectivity index (χ0v) is 12.5. The van der Waals surface area contributed by atoms with Gasteiger partial charge in [-0.25, -0.2) is 0 Å². The van der Waals surface area contributed by atoms with Gasteiger partial charge in [0.2, 0.25) is 5.91 Å². The molecule has 1 amide bonds. The summed E-state index contributed by atoms with van der Waals surface area (Å²) in [6.07, 6.45) is 6.61. The molecule has 3 N–H and O–H groups in total. The van der Waals surface area contributed by atoms with Crippen LogP contribution in [0, 0.1) is 12.3 Å². The average Bonchev–Trinajstić information content (AvgIpc) is 2.68. The van der Waals surface area contributed by atoms with E-state index in [1.807, 2.05) is 0 Å². The summed E-state index contributed by atoms with van der Waals surface area (Å²) in [5.41, 5.74) is 6.87. The minimum atomic E-state index is -0.318. The number of nitrogens with one attached hydrogen (secondary N) is 1. The van der Waals surface area contributed by atoms with Crippen LogP contribution in [-0.2, 0) is 11.3 Å². The van der Waals surface area contributed by atoms with Crippen LogP contribution in [0.5, 0.6) is 0 Å². The maximum atomic E-state index is 12.5. The fourth-order valence-electron chi connectivity index (χ4n) is 2.86. The molecule has 1 aliphatic rings. The molecule has 0 unspecified atom stereocenters. The highest BCUT2D eigenvalue weighted by Crippen LogP contribution is 2.34. The van der Waals surface area contributed by atoms with Gasteiger partial charge in [0.25, 0.3) is 0 Å². The van der Waals surface area contributed by atoms with E-state index < -0.39 is 0 Å². The molecule has 1 heterocycles. The molecule has 0 radical (unpaired) electrons. The Hall–Kier alpha value is -0.870. The van der Waals surface area contributed by atoms with Crippen LogP contribution in [0.1, 0.15) is 49.0 Å². The normalized spacial score (nSPS) is 18.8. The van der Waals surface area contributed by atoms with Gasteiger partial charge in [-0.1, -0.05) is 25.7 Å². The Balaban J connectivity index is 1.98. The lowest BCUT2D eigenvalue weighted by atomic mass is 9.79.